The second-order valence-electron chi connectivity index (χ2n) is 7.86. The Balaban J connectivity index is 2.77. The van der Waals surface area contributed by atoms with Gasteiger partial charge in [-0.15, -0.1) is 0 Å². The van der Waals surface area contributed by atoms with Crippen LogP contribution in [0.5, 0.6) is 0 Å². The van der Waals surface area contributed by atoms with Crippen molar-refractivity contribution in [2.45, 2.75) is 59.3 Å². The van der Waals surface area contributed by atoms with Crippen LogP contribution in [0.15, 0.2) is 30.3 Å². The molecule has 0 aromatic heterocycles. The molecule has 0 aliphatic carbocycles. The van der Waals surface area contributed by atoms with E-state index < -0.39 is 24.2 Å². The van der Waals surface area contributed by atoms with Crippen LogP contribution in [0.25, 0.3) is 0 Å². The third-order valence-corrected chi connectivity index (χ3v) is 4.61. The summed E-state index contributed by atoms with van der Waals surface area (Å²) in [5.74, 6) is -0.781. The number of carbonyl (C=O) groups excluding carboxylic acids is 3. The maximum atomic E-state index is 12.5. The minimum atomic E-state index is -1.04. The largest absolute Gasteiger partial charge is 0.458 e. The topological polar surface area (TPSA) is 84.9 Å². The molecule has 1 rings (SSSR count). The molecular weight excluding hydrogens is 372 g/mol. The Labute approximate surface area is 173 Å². The van der Waals surface area contributed by atoms with Gasteiger partial charge >= 0.3 is 12.1 Å². The molecule has 3 atom stereocenters. The van der Waals surface area contributed by atoms with Crippen molar-refractivity contribution in [3.05, 3.63) is 35.9 Å². The highest BCUT2D eigenvalue weighted by Gasteiger charge is 2.31. The molecule has 1 N–H and O–H groups in total. The van der Waals surface area contributed by atoms with E-state index in [-0.39, 0.29) is 24.3 Å². The lowest BCUT2D eigenvalue weighted by Gasteiger charge is -2.27. The Hall–Kier alpha value is -2.57. The van der Waals surface area contributed by atoms with E-state index in [1.807, 2.05) is 58.0 Å². The van der Waals surface area contributed by atoms with E-state index in [2.05, 4.69) is 5.32 Å². The molecule has 0 aliphatic rings. The Kier molecular flexibility index (Phi) is 10.2. The Morgan fingerprint density at radius 1 is 1.07 bits per heavy atom. The first kappa shape index (κ1) is 24.5. The number of alkyl carbamates (subject to hydrolysis) is 1. The number of amides is 2. The molecule has 0 unspecified atom stereocenters. The number of esters is 1. The lowest BCUT2D eigenvalue weighted by Crippen LogP contribution is -2.50. The number of hydrogen-bond acceptors (Lipinski definition) is 5. The van der Waals surface area contributed by atoms with Gasteiger partial charge in [0.15, 0.2) is 0 Å². The Bertz CT molecular complexity index is 660. The fraction of sp³-hybridized carbons (Fsp3) is 0.591. The summed E-state index contributed by atoms with van der Waals surface area (Å²) in [6, 6.07) is 8.57. The Morgan fingerprint density at radius 2 is 1.69 bits per heavy atom. The third-order valence-electron chi connectivity index (χ3n) is 4.61. The summed E-state index contributed by atoms with van der Waals surface area (Å²) in [6.07, 6.45) is -0.797. The second kappa shape index (κ2) is 12.1. The Morgan fingerprint density at radius 3 is 2.21 bits per heavy atom. The van der Waals surface area contributed by atoms with E-state index in [0.29, 0.717) is 12.8 Å². The predicted molar refractivity (Wildman–Crippen MR) is 111 cm³/mol. The zero-order valence-electron chi connectivity index (χ0n) is 18.3. The summed E-state index contributed by atoms with van der Waals surface area (Å²) < 4.78 is 10.7. The van der Waals surface area contributed by atoms with Crippen molar-refractivity contribution in [1.29, 1.82) is 0 Å². The van der Waals surface area contributed by atoms with Crippen LogP contribution in [0.2, 0.25) is 0 Å². The monoisotopic (exact) mass is 406 g/mol. The van der Waals surface area contributed by atoms with Crippen LogP contribution < -0.4 is 5.32 Å². The van der Waals surface area contributed by atoms with Crippen molar-refractivity contribution in [1.82, 2.24) is 10.2 Å². The molecule has 0 fully saturated rings. The van der Waals surface area contributed by atoms with Crippen LogP contribution in [0, 0.1) is 11.8 Å². The lowest BCUT2D eigenvalue weighted by molar-refractivity contribution is -0.156. The number of nitrogens with zero attached hydrogens (tertiary/aromatic N) is 1. The molecule has 0 aliphatic heterocycles. The molecule has 7 heteroatoms. The minimum Gasteiger partial charge on any atom is -0.458 e. The average Bonchev–Trinajstić information content (AvgIpc) is 2.68. The van der Waals surface area contributed by atoms with Crippen molar-refractivity contribution in [2.24, 2.45) is 11.8 Å². The second-order valence-corrected chi connectivity index (χ2v) is 7.86. The van der Waals surface area contributed by atoms with Crippen LogP contribution in [0.3, 0.4) is 0 Å². The van der Waals surface area contributed by atoms with E-state index in [9.17, 15) is 14.4 Å². The zero-order valence-corrected chi connectivity index (χ0v) is 18.3. The summed E-state index contributed by atoms with van der Waals surface area (Å²) in [6.45, 7) is 7.78. The van der Waals surface area contributed by atoms with E-state index in [1.165, 1.54) is 4.90 Å². The fourth-order valence-electron chi connectivity index (χ4n) is 2.69. The number of rotatable bonds is 10. The smallest absolute Gasteiger partial charge is 0.408 e. The van der Waals surface area contributed by atoms with Crippen LogP contribution in [-0.4, -0.2) is 49.1 Å². The van der Waals surface area contributed by atoms with Crippen molar-refractivity contribution in [3.8, 4) is 0 Å². The molecule has 2 amide bonds. The van der Waals surface area contributed by atoms with Gasteiger partial charge in [-0.1, -0.05) is 64.4 Å². The summed E-state index contributed by atoms with van der Waals surface area (Å²) in [5, 5.41) is 2.62. The summed E-state index contributed by atoms with van der Waals surface area (Å²) >= 11 is 0. The average molecular weight is 407 g/mol. The molecule has 1 aromatic rings. The summed E-state index contributed by atoms with van der Waals surface area (Å²) in [5.41, 5.74) is 0.849. The van der Waals surface area contributed by atoms with Gasteiger partial charge in [0.25, 0.3) is 0 Å². The van der Waals surface area contributed by atoms with Gasteiger partial charge in [0.2, 0.25) is 12.0 Å². The molecule has 0 saturated heterocycles. The highest BCUT2D eigenvalue weighted by Crippen LogP contribution is 2.14. The number of likely N-dealkylation sites (N-methyl/N-ethyl adjacent to an activating group) is 1. The van der Waals surface area contributed by atoms with E-state index >= 15 is 0 Å². The van der Waals surface area contributed by atoms with Crippen LogP contribution in [0.1, 0.15) is 46.1 Å². The lowest BCUT2D eigenvalue weighted by atomic mass is 9.98. The molecule has 0 heterocycles. The quantitative estimate of drug-likeness (QED) is 0.602. The van der Waals surface area contributed by atoms with Crippen LogP contribution in [0.4, 0.5) is 4.79 Å². The van der Waals surface area contributed by atoms with Gasteiger partial charge in [-0.25, -0.2) is 9.59 Å². The number of hydrogen-bond donors (Lipinski definition) is 1. The van der Waals surface area contributed by atoms with E-state index in [4.69, 9.17) is 9.47 Å². The van der Waals surface area contributed by atoms with Crippen molar-refractivity contribution in [2.75, 3.05) is 14.1 Å². The van der Waals surface area contributed by atoms with Crippen molar-refractivity contribution in [3.63, 3.8) is 0 Å². The van der Waals surface area contributed by atoms with Gasteiger partial charge in [0, 0.05) is 14.1 Å². The first-order valence-electron chi connectivity index (χ1n) is 10.0. The molecule has 7 nitrogen and oxygen atoms in total. The summed E-state index contributed by atoms with van der Waals surface area (Å²) in [4.78, 5) is 38.8. The SMILES string of the molecule is CC[C@H](C)[C@H](NC(=O)O[C@@H](CC(C)C)C(=O)OCc1ccccc1)C(=O)N(C)C. The van der Waals surface area contributed by atoms with Crippen LogP contribution in [-0.2, 0) is 25.7 Å². The highest BCUT2D eigenvalue weighted by molar-refractivity contribution is 5.86. The van der Waals surface area contributed by atoms with Gasteiger partial charge in [-0.05, 0) is 23.8 Å². The van der Waals surface area contributed by atoms with Gasteiger partial charge < -0.3 is 19.7 Å². The van der Waals surface area contributed by atoms with E-state index in [1.54, 1.807) is 14.1 Å². The number of nitrogens with one attached hydrogen (secondary N) is 1. The van der Waals surface area contributed by atoms with E-state index in [0.717, 1.165) is 5.56 Å². The first-order chi connectivity index (χ1) is 13.6. The number of benzene rings is 1. The fourth-order valence-corrected chi connectivity index (χ4v) is 2.69. The van der Waals surface area contributed by atoms with Gasteiger partial charge in [0.05, 0.1) is 0 Å². The molecular formula is C22H34N2O5. The predicted octanol–water partition coefficient (Wildman–Crippen LogP) is 3.37. The van der Waals surface area contributed by atoms with Gasteiger partial charge in [-0.2, -0.15) is 0 Å². The number of ether oxygens (including phenoxy) is 2. The summed E-state index contributed by atoms with van der Waals surface area (Å²) in [7, 11) is 3.26. The zero-order chi connectivity index (χ0) is 22.0. The number of carbonyl (C=O) groups is 3. The minimum absolute atomic E-state index is 0.0777. The molecule has 0 bridgehead atoms. The molecule has 1 aromatic carbocycles. The molecule has 162 valence electrons. The first-order valence-corrected chi connectivity index (χ1v) is 10.0. The molecule has 29 heavy (non-hydrogen) atoms. The van der Waals surface area contributed by atoms with Crippen molar-refractivity contribution < 1.29 is 23.9 Å². The van der Waals surface area contributed by atoms with Gasteiger partial charge in [0.1, 0.15) is 12.6 Å². The standard InChI is InChI=1S/C22H34N2O5/c1-7-16(4)19(20(25)24(5)6)23-22(27)29-18(13-15(2)3)21(26)28-14-17-11-9-8-10-12-17/h8-12,15-16,18-19H,7,13-14H2,1-6H3,(H,23,27)/t16-,18-,19-/m0/s1. The molecule has 0 radical (unpaired) electrons. The maximum Gasteiger partial charge on any atom is 0.408 e. The maximum absolute atomic E-state index is 12.5. The van der Waals surface area contributed by atoms with Crippen LogP contribution >= 0.6 is 0 Å². The highest BCUT2D eigenvalue weighted by atomic mass is 16.6. The normalized spacial score (nSPS) is 13.9. The third kappa shape index (κ3) is 8.54. The van der Waals surface area contributed by atoms with Gasteiger partial charge in [-0.3, -0.25) is 4.79 Å². The molecule has 0 spiro atoms. The van der Waals surface area contributed by atoms with Crippen molar-refractivity contribution >= 4 is 18.0 Å². The molecule has 0 saturated carbocycles.